The standard InChI is InChI=1S/C37H34ClN3O5S2/c1-3-5-8-20-46-29-19-16-25(21-30(29)45-4-2)32-31(33(42)24-14-17-27(38)18-15-24)34(43)35(44)41(32)36-39-40-37(48-36)47-22-26-12-9-11-23-10-6-7-13-28(23)26/h6-7,9-19,21,32,42H,3-5,8,20,22H2,1-2H3/b33-31+. The Morgan fingerprint density at radius 1 is 0.938 bits per heavy atom. The van der Waals surface area contributed by atoms with E-state index in [1.54, 1.807) is 42.5 Å². The molecule has 0 bridgehead atoms. The number of benzene rings is 4. The number of unbranched alkanes of at least 4 members (excludes halogenated alkanes) is 2. The second kappa shape index (κ2) is 15.2. The van der Waals surface area contributed by atoms with Crippen LogP contribution < -0.4 is 14.4 Å². The first-order chi connectivity index (χ1) is 23.4. The summed E-state index contributed by atoms with van der Waals surface area (Å²) in [6.07, 6.45) is 3.02. The van der Waals surface area contributed by atoms with Crippen molar-refractivity contribution in [3.63, 3.8) is 0 Å². The molecule has 4 aromatic carbocycles. The number of ether oxygens (including phenoxy) is 2. The summed E-state index contributed by atoms with van der Waals surface area (Å²) < 4.78 is 12.6. The van der Waals surface area contributed by atoms with Gasteiger partial charge in [-0.3, -0.25) is 14.5 Å². The summed E-state index contributed by atoms with van der Waals surface area (Å²) in [5.74, 6) is -0.265. The first-order valence-electron chi connectivity index (χ1n) is 15.8. The molecule has 1 unspecified atom stereocenters. The number of hydrogen-bond donors (Lipinski definition) is 1. The fourth-order valence-electron chi connectivity index (χ4n) is 5.64. The summed E-state index contributed by atoms with van der Waals surface area (Å²) in [5, 5.41) is 23.3. The van der Waals surface area contributed by atoms with Crippen LogP contribution in [0.15, 0.2) is 94.8 Å². The minimum atomic E-state index is -1.00. The zero-order valence-electron chi connectivity index (χ0n) is 26.5. The van der Waals surface area contributed by atoms with Gasteiger partial charge in [0.1, 0.15) is 5.76 Å². The van der Waals surface area contributed by atoms with Crippen LogP contribution in [0.3, 0.4) is 0 Å². The Balaban J connectivity index is 1.37. The van der Waals surface area contributed by atoms with Gasteiger partial charge in [-0.05, 0) is 71.6 Å². The van der Waals surface area contributed by atoms with Crippen LogP contribution >= 0.6 is 34.7 Å². The first-order valence-corrected chi connectivity index (χ1v) is 18.0. The Kier molecular flexibility index (Phi) is 10.6. The van der Waals surface area contributed by atoms with Gasteiger partial charge in [0.2, 0.25) is 5.13 Å². The molecule has 6 rings (SSSR count). The summed E-state index contributed by atoms with van der Waals surface area (Å²) in [6.45, 7) is 4.92. The van der Waals surface area contributed by atoms with Gasteiger partial charge in [0.15, 0.2) is 15.8 Å². The zero-order chi connectivity index (χ0) is 33.6. The number of amides is 1. The van der Waals surface area contributed by atoms with E-state index in [2.05, 4.69) is 41.4 Å². The van der Waals surface area contributed by atoms with Gasteiger partial charge in [-0.1, -0.05) is 103 Å². The maximum atomic E-state index is 13.8. The fraction of sp³-hybridized carbons (Fsp3) is 0.243. The minimum Gasteiger partial charge on any atom is -0.507 e. The van der Waals surface area contributed by atoms with Crippen LogP contribution in [0.2, 0.25) is 5.02 Å². The Bertz CT molecular complexity index is 1970. The topological polar surface area (TPSA) is 102 Å². The number of carbonyl (C=O) groups is 2. The second-order valence-electron chi connectivity index (χ2n) is 11.1. The molecule has 0 saturated carbocycles. The van der Waals surface area contributed by atoms with Crippen molar-refractivity contribution in [3.05, 3.63) is 112 Å². The molecule has 48 heavy (non-hydrogen) atoms. The van der Waals surface area contributed by atoms with E-state index in [0.29, 0.717) is 51.0 Å². The minimum absolute atomic E-state index is 0.0680. The molecule has 1 aliphatic rings. The van der Waals surface area contributed by atoms with Crippen molar-refractivity contribution in [1.82, 2.24) is 10.2 Å². The Morgan fingerprint density at radius 3 is 2.52 bits per heavy atom. The average Bonchev–Trinajstić information content (AvgIpc) is 3.67. The van der Waals surface area contributed by atoms with Crippen LogP contribution in [0.1, 0.15) is 55.8 Å². The predicted octanol–water partition coefficient (Wildman–Crippen LogP) is 9.23. The number of carbonyl (C=O) groups excluding carboxylic acids is 2. The molecule has 1 aromatic heterocycles. The maximum absolute atomic E-state index is 13.8. The highest BCUT2D eigenvalue weighted by molar-refractivity contribution is 8.00. The van der Waals surface area contributed by atoms with Crippen molar-refractivity contribution in [1.29, 1.82) is 0 Å². The zero-order valence-corrected chi connectivity index (χ0v) is 28.9. The van der Waals surface area contributed by atoms with E-state index in [4.69, 9.17) is 21.1 Å². The van der Waals surface area contributed by atoms with Crippen LogP contribution in [0, 0.1) is 0 Å². The molecule has 11 heteroatoms. The molecule has 0 radical (unpaired) electrons. The summed E-state index contributed by atoms with van der Waals surface area (Å²) in [7, 11) is 0. The lowest BCUT2D eigenvalue weighted by molar-refractivity contribution is -0.132. The number of aromatic nitrogens is 2. The number of nitrogens with zero attached hydrogens (tertiary/aromatic N) is 3. The van der Waals surface area contributed by atoms with Crippen LogP contribution in [0.5, 0.6) is 11.5 Å². The number of Topliss-reactive ketones (excluding diaryl/α,β-unsaturated/α-hetero) is 1. The molecule has 1 N–H and O–H groups in total. The monoisotopic (exact) mass is 699 g/mol. The molecule has 0 spiro atoms. The van der Waals surface area contributed by atoms with Gasteiger partial charge < -0.3 is 14.6 Å². The molecule has 1 amide bonds. The average molecular weight is 700 g/mol. The molecule has 0 aliphatic carbocycles. The van der Waals surface area contributed by atoms with Gasteiger partial charge in [0.25, 0.3) is 5.78 Å². The number of fused-ring (bicyclic) bond motifs is 1. The van der Waals surface area contributed by atoms with Gasteiger partial charge in [0.05, 0.1) is 24.8 Å². The van der Waals surface area contributed by atoms with Crippen LogP contribution in [0.4, 0.5) is 5.13 Å². The number of thioether (sulfide) groups is 1. The Hall–Kier alpha value is -4.38. The fourth-order valence-corrected chi connectivity index (χ4v) is 7.64. The van der Waals surface area contributed by atoms with E-state index >= 15 is 0 Å². The highest BCUT2D eigenvalue weighted by atomic mass is 35.5. The lowest BCUT2D eigenvalue weighted by atomic mass is 9.95. The molecule has 5 aromatic rings. The highest BCUT2D eigenvalue weighted by Gasteiger charge is 2.48. The van der Waals surface area contributed by atoms with Crippen molar-refractivity contribution in [2.24, 2.45) is 0 Å². The van der Waals surface area contributed by atoms with Gasteiger partial charge in [0, 0.05) is 16.3 Å². The number of hydrogen-bond acceptors (Lipinski definition) is 9. The molecular formula is C37H34ClN3O5S2. The number of anilines is 1. The molecule has 1 atom stereocenters. The summed E-state index contributed by atoms with van der Waals surface area (Å²) in [6, 6.07) is 25.2. The SMILES string of the molecule is CCCCCOc1ccc(C2/C(=C(\O)c3ccc(Cl)cc3)C(=O)C(=O)N2c2nnc(SCc3cccc4ccccc34)s2)cc1OCC. The number of ketones is 1. The van der Waals surface area contributed by atoms with Gasteiger partial charge in [-0.25, -0.2) is 0 Å². The lowest BCUT2D eigenvalue weighted by Gasteiger charge is -2.23. The summed E-state index contributed by atoms with van der Waals surface area (Å²) >= 11 is 8.82. The van der Waals surface area contributed by atoms with E-state index in [1.165, 1.54) is 28.0 Å². The molecule has 8 nitrogen and oxygen atoms in total. The van der Waals surface area contributed by atoms with Crippen LogP contribution in [-0.2, 0) is 15.3 Å². The molecule has 1 saturated heterocycles. The van der Waals surface area contributed by atoms with E-state index in [-0.39, 0.29) is 16.5 Å². The smallest absolute Gasteiger partial charge is 0.301 e. The molecule has 246 valence electrons. The van der Waals surface area contributed by atoms with Crippen LogP contribution in [0.25, 0.3) is 16.5 Å². The van der Waals surface area contributed by atoms with Gasteiger partial charge in [-0.15, -0.1) is 10.2 Å². The van der Waals surface area contributed by atoms with E-state index < -0.39 is 17.7 Å². The van der Waals surface area contributed by atoms with Crippen LogP contribution in [-0.4, -0.2) is 40.2 Å². The van der Waals surface area contributed by atoms with Crippen molar-refractivity contribution in [2.45, 2.75) is 49.2 Å². The Morgan fingerprint density at radius 2 is 1.73 bits per heavy atom. The predicted molar refractivity (Wildman–Crippen MR) is 192 cm³/mol. The normalized spacial score (nSPS) is 15.7. The third-order valence-corrected chi connectivity index (χ3v) is 10.3. The third kappa shape index (κ3) is 7.06. The van der Waals surface area contributed by atoms with Crippen molar-refractivity contribution in [2.75, 3.05) is 18.1 Å². The van der Waals surface area contributed by atoms with E-state index in [1.807, 2.05) is 25.1 Å². The summed E-state index contributed by atoms with van der Waals surface area (Å²) in [5.41, 5.74) is 1.99. The summed E-state index contributed by atoms with van der Waals surface area (Å²) in [4.78, 5) is 28.8. The van der Waals surface area contributed by atoms with Gasteiger partial charge in [-0.2, -0.15) is 0 Å². The van der Waals surface area contributed by atoms with E-state index in [9.17, 15) is 14.7 Å². The van der Waals surface area contributed by atoms with Crippen molar-refractivity contribution in [3.8, 4) is 11.5 Å². The number of aliphatic hydroxyl groups excluding tert-OH is 1. The van der Waals surface area contributed by atoms with Crippen molar-refractivity contribution < 1.29 is 24.2 Å². The highest BCUT2D eigenvalue weighted by Crippen LogP contribution is 2.46. The first kappa shape index (κ1) is 33.5. The number of aliphatic hydroxyl groups is 1. The second-order valence-corrected chi connectivity index (χ2v) is 13.8. The largest absolute Gasteiger partial charge is 0.507 e. The van der Waals surface area contributed by atoms with Gasteiger partial charge >= 0.3 is 5.91 Å². The number of rotatable bonds is 13. The maximum Gasteiger partial charge on any atom is 0.301 e. The Labute approximate surface area is 292 Å². The quantitative estimate of drug-likeness (QED) is 0.0324. The molecular weight excluding hydrogens is 666 g/mol. The molecule has 1 aliphatic heterocycles. The van der Waals surface area contributed by atoms with Crippen molar-refractivity contribution >= 4 is 68.1 Å². The lowest BCUT2D eigenvalue weighted by Crippen LogP contribution is -2.29. The van der Waals surface area contributed by atoms with E-state index in [0.717, 1.165) is 35.6 Å². The number of halogens is 1. The molecule has 1 fully saturated rings. The third-order valence-electron chi connectivity index (χ3n) is 7.98. The molecule has 2 heterocycles.